The highest BCUT2D eigenvalue weighted by Gasteiger charge is 2.25. The standard InChI is InChI=1S/C19H26N4O2S/c1-2-25-15-8-5-9-16-17(15)21-19(26-16)23-12-10-22(11-13-23)18(24)20-14-6-3-4-7-14/h5,8-9,14H,2-4,6-7,10-13H2,1H3,(H,20,24). The van der Waals surface area contributed by atoms with E-state index in [0.717, 1.165) is 60.1 Å². The first kappa shape index (κ1) is 17.4. The van der Waals surface area contributed by atoms with Gasteiger partial charge in [0.2, 0.25) is 0 Å². The lowest BCUT2D eigenvalue weighted by Crippen LogP contribution is -2.53. The first-order chi connectivity index (χ1) is 12.7. The summed E-state index contributed by atoms with van der Waals surface area (Å²) in [6.45, 7) is 5.76. The van der Waals surface area contributed by atoms with Gasteiger partial charge in [-0.2, -0.15) is 0 Å². The summed E-state index contributed by atoms with van der Waals surface area (Å²) in [6.07, 6.45) is 4.72. The van der Waals surface area contributed by atoms with E-state index in [1.165, 1.54) is 12.8 Å². The van der Waals surface area contributed by atoms with Crippen LogP contribution in [0.3, 0.4) is 0 Å². The van der Waals surface area contributed by atoms with Crippen LogP contribution in [0.25, 0.3) is 10.2 Å². The van der Waals surface area contributed by atoms with Gasteiger partial charge in [0.1, 0.15) is 11.3 Å². The van der Waals surface area contributed by atoms with Crippen LogP contribution in [0.4, 0.5) is 9.93 Å². The van der Waals surface area contributed by atoms with E-state index in [9.17, 15) is 4.79 Å². The third-order valence-electron chi connectivity index (χ3n) is 5.19. The maximum atomic E-state index is 12.4. The maximum absolute atomic E-state index is 12.4. The van der Waals surface area contributed by atoms with Crippen molar-refractivity contribution < 1.29 is 9.53 Å². The SMILES string of the molecule is CCOc1cccc2sc(N3CCN(C(=O)NC4CCCC4)CC3)nc12. The molecule has 6 nitrogen and oxygen atoms in total. The topological polar surface area (TPSA) is 57.7 Å². The molecule has 2 heterocycles. The van der Waals surface area contributed by atoms with Gasteiger partial charge < -0.3 is 19.9 Å². The highest BCUT2D eigenvalue weighted by molar-refractivity contribution is 7.22. The van der Waals surface area contributed by atoms with Crippen molar-refractivity contribution in [1.82, 2.24) is 15.2 Å². The van der Waals surface area contributed by atoms with Crippen molar-refractivity contribution in [1.29, 1.82) is 0 Å². The fourth-order valence-electron chi connectivity index (χ4n) is 3.76. The fourth-order valence-corrected chi connectivity index (χ4v) is 4.79. The van der Waals surface area contributed by atoms with E-state index in [1.807, 2.05) is 24.0 Å². The molecule has 1 aliphatic carbocycles. The number of anilines is 1. The van der Waals surface area contributed by atoms with E-state index in [2.05, 4.69) is 16.3 Å². The Labute approximate surface area is 158 Å². The third kappa shape index (κ3) is 3.58. The van der Waals surface area contributed by atoms with E-state index >= 15 is 0 Å². The van der Waals surface area contributed by atoms with Gasteiger partial charge in [0.15, 0.2) is 5.13 Å². The van der Waals surface area contributed by atoms with Gasteiger partial charge in [-0.25, -0.2) is 9.78 Å². The summed E-state index contributed by atoms with van der Waals surface area (Å²) < 4.78 is 6.84. The number of para-hydroxylation sites is 1. The highest BCUT2D eigenvalue weighted by atomic mass is 32.1. The van der Waals surface area contributed by atoms with E-state index in [4.69, 9.17) is 9.72 Å². The fraction of sp³-hybridized carbons (Fsp3) is 0.579. The summed E-state index contributed by atoms with van der Waals surface area (Å²) in [4.78, 5) is 21.4. The van der Waals surface area contributed by atoms with Crippen molar-refractivity contribution >= 4 is 32.7 Å². The molecule has 0 unspecified atom stereocenters. The lowest BCUT2D eigenvalue weighted by molar-refractivity contribution is 0.190. The van der Waals surface area contributed by atoms with Gasteiger partial charge in [-0.15, -0.1) is 0 Å². The molecule has 1 aromatic carbocycles. The molecule has 1 saturated heterocycles. The number of urea groups is 1. The molecule has 1 aliphatic heterocycles. The maximum Gasteiger partial charge on any atom is 0.317 e. The Hall–Kier alpha value is -2.02. The predicted octanol–water partition coefficient (Wildman–Crippen LogP) is 3.47. The largest absolute Gasteiger partial charge is 0.492 e. The number of piperazine rings is 1. The molecule has 2 amide bonds. The minimum absolute atomic E-state index is 0.0967. The molecular formula is C19H26N4O2S. The number of fused-ring (bicyclic) bond motifs is 1. The summed E-state index contributed by atoms with van der Waals surface area (Å²) >= 11 is 1.70. The molecule has 26 heavy (non-hydrogen) atoms. The van der Waals surface area contributed by atoms with Crippen LogP contribution in [-0.4, -0.2) is 54.7 Å². The lowest BCUT2D eigenvalue weighted by atomic mass is 10.2. The number of benzene rings is 1. The summed E-state index contributed by atoms with van der Waals surface area (Å²) in [5.74, 6) is 0.849. The first-order valence-corrected chi connectivity index (χ1v) is 10.4. The number of carbonyl (C=O) groups excluding carboxylic acids is 1. The lowest BCUT2D eigenvalue weighted by Gasteiger charge is -2.35. The molecule has 4 rings (SSSR count). The Morgan fingerprint density at radius 2 is 2.04 bits per heavy atom. The van der Waals surface area contributed by atoms with Crippen molar-refractivity contribution in [2.45, 2.75) is 38.6 Å². The van der Waals surface area contributed by atoms with Gasteiger partial charge in [-0.1, -0.05) is 30.2 Å². The monoisotopic (exact) mass is 374 g/mol. The zero-order valence-corrected chi connectivity index (χ0v) is 16.1. The molecule has 2 fully saturated rings. The zero-order chi connectivity index (χ0) is 17.9. The number of hydrogen-bond donors (Lipinski definition) is 1. The Kier molecular flexibility index (Phi) is 5.15. The quantitative estimate of drug-likeness (QED) is 0.890. The van der Waals surface area contributed by atoms with Gasteiger partial charge in [-0.3, -0.25) is 0 Å². The number of ether oxygens (including phenoxy) is 1. The van der Waals surface area contributed by atoms with Crippen LogP contribution < -0.4 is 15.0 Å². The molecule has 1 saturated carbocycles. The molecule has 7 heteroatoms. The van der Waals surface area contributed by atoms with Gasteiger partial charge in [-0.05, 0) is 31.9 Å². The number of hydrogen-bond acceptors (Lipinski definition) is 5. The van der Waals surface area contributed by atoms with Crippen LogP contribution in [0, 0.1) is 0 Å². The summed E-state index contributed by atoms with van der Waals surface area (Å²) in [6, 6.07) is 6.55. The van der Waals surface area contributed by atoms with Gasteiger partial charge in [0, 0.05) is 32.2 Å². The highest BCUT2D eigenvalue weighted by Crippen LogP contribution is 2.34. The van der Waals surface area contributed by atoms with Gasteiger partial charge in [0.25, 0.3) is 0 Å². The van der Waals surface area contributed by atoms with Crippen molar-refractivity contribution in [3.8, 4) is 5.75 Å². The Bertz CT molecular complexity index is 764. The molecular weight excluding hydrogens is 348 g/mol. The van der Waals surface area contributed by atoms with Crippen LogP contribution >= 0.6 is 11.3 Å². The number of nitrogens with one attached hydrogen (secondary N) is 1. The summed E-state index contributed by atoms with van der Waals surface area (Å²) in [7, 11) is 0. The molecule has 1 aromatic heterocycles. The molecule has 2 aromatic rings. The number of nitrogens with zero attached hydrogens (tertiary/aromatic N) is 3. The van der Waals surface area contributed by atoms with E-state index < -0.39 is 0 Å². The third-order valence-corrected chi connectivity index (χ3v) is 6.27. The average Bonchev–Trinajstić information content (AvgIpc) is 3.32. The number of amides is 2. The van der Waals surface area contributed by atoms with Crippen LogP contribution in [0.2, 0.25) is 0 Å². The normalized spacial score (nSPS) is 18.5. The smallest absolute Gasteiger partial charge is 0.317 e. The molecule has 0 radical (unpaired) electrons. The van der Waals surface area contributed by atoms with Crippen molar-refractivity contribution in [2.75, 3.05) is 37.7 Å². The van der Waals surface area contributed by atoms with E-state index in [0.29, 0.717) is 12.6 Å². The second kappa shape index (κ2) is 7.70. The average molecular weight is 375 g/mol. The Morgan fingerprint density at radius 1 is 1.27 bits per heavy atom. The minimum Gasteiger partial charge on any atom is -0.492 e. The molecule has 140 valence electrons. The molecule has 0 spiro atoms. The number of aromatic nitrogens is 1. The second-order valence-corrected chi connectivity index (χ2v) is 7.95. The molecule has 0 bridgehead atoms. The summed E-state index contributed by atoms with van der Waals surface area (Å²) in [5, 5.41) is 4.20. The van der Waals surface area contributed by atoms with Crippen LogP contribution in [-0.2, 0) is 0 Å². The van der Waals surface area contributed by atoms with Crippen molar-refractivity contribution in [2.24, 2.45) is 0 Å². The van der Waals surface area contributed by atoms with Crippen molar-refractivity contribution in [3.63, 3.8) is 0 Å². The number of thiazole rings is 1. The minimum atomic E-state index is 0.0967. The predicted molar refractivity (Wildman–Crippen MR) is 105 cm³/mol. The number of carbonyl (C=O) groups is 1. The van der Waals surface area contributed by atoms with Crippen LogP contribution in [0.15, 0.2) is 18.2 Å². The first-order valence-electron chi connectivity index (χ1n) is 9.57. The van der Waals surface area contributed by atoms with Crippen LogP contribution in [0.5, 0.6) is 5.75 Å². The zero-order valence-electron chi connectivity index (χ0n) is 15.2. The number of rotatable bonds is 4. The summed E-state index contributed by atoms with van der Waals surface area (Å²) in [5.41, 5.74) is 0.941. The second-order valence-electron chi connectivity index (χ2n) is 6.94. The van der Waals surface area contributed by atoms with Crippen LogP contribution in [0.1, 0.15) is 32.6 Å². The molecule has 0 atom stereocenters. The van der Waals surface area contributed by atoms with E-state index in [1.54, 1.807) is 11.3 Å². The van der Waals surface area contributed by atoms with Crippen molar-refractivity contribution in [3.05, 3.63) is 18.2 Å². The Morgan fingerprint density at radius 3 is 2.77 bits per heavy atom. The van der Waals surface area contributed by atoms with Gasteiger partial charge >= 0.3 is 6.03 Å². The van der Waals surface area contributed by atoms with Gasteiger partial charge in [0.05, 0.1) is 11.3 Å². The molecule has 2 aliphatic rings. The van der Waals surface area contributed by atoms with E-state index in [-0.39, 0.29) is 6.03 Å². The Balaban J connectivity index is 1.39. The molecule has 1 N–H and O–H groups in total.